The zero-order valence-corrected chi connectivity index (χ0v) is 15.2. The monoisotopic (exact) mass is 369 g/mol. The van der Waals surface area contributed by atoms with Crippen molar-refractivity contribution in [3.05, 3.63) is 72.3 Å². The van der Waals surface area contributed by atoms with E-state index in [1.807, 2.05) is 0 Å². The summed E-state index contributed by atoms with van der Waals surface area (Å²) in [5, 5.41) is 0. The lowest BCUT2D eigenvalue weighted by atomic mass is 9.86. The molecule has 0 saturated heterocycles. The summed E-state index contributed by atoms with van der Waals surface area (Å²) in [6.45, 7) is 4.69. The number of benzene rings is 1. The molecular weight excluding hydrogens is 349 g/mol. The second-order valence-corrected chi connectivity index (χ2v) is 7.59. The van der Waals surface area contributed by atoms with Crippen molar-refractivity contribution in [2.75, 3.05) is 0 Å². The van der Waals surface area contributed by atoms with Crippen molar-refractivity contribution in [2.45, 2.75) is 38.8 Å². The number of rotatable bonds is 6. The zero-order chi connectivity index (χ0) is 19.1. The van der Waals surface area contributed by atoms with E-state index in [2.05, 4.69) is 23.8 Å². The second kappa shape index (κ2) is 6.33. The number of oxazole rings is 2. The lowest BCUT2D eigenvalue weighted by Gasteiger charge is -2.29. The molecule has 0 bridgehead atoms. The number of hydrogen-bond acceptors (Lipinski definition) is 5. The number of carbonyl (C=O) groups is 1. The van der Waals surface area contributed by atoms with E-state index >= 15 is 0 Å². The molecule has 6 nitrogen and oxygen atoms in total. The highest BCUT2D eigenvalue weighted by Crippen LogP contribution is 2.65. The molecule has 27 heavy (non-hydrogen) atoms. The third-order valence-corrected chi connectivity index (χ3v) is 5.40. The predicted octanol–water partition coefficient (Wildman–Crippen LogP) is 3.70. The topological polar surface area (TPSA) is 72.4 Å². The first-order valence-corrected chi connectivity index (χ1v) is 8.72. The Bertz CT molecular complexity index is 884. The maximum atomic E-state index is 13.7. The fourth-order valence-electron chi connectivity index (χ4n) is 3.83. The van der Waals surface area contributed by atoms with Gasteiger partial charge in [-0.15, -0.1) is 0 Å². The van der Waals surface area contributed by atoms with Crippen LogP contribution < -0.4 is 0 Å². The average molecular weight is 369 g/mol. The summed E-state index contributed by atoms with van der Waals surface area (Å²) in [5.41, 5.74) is 1.20. The van der Waals surface area contributed by atoms with E-state index in [0.29, 0.717) is 30.9 Å². The molecule has 3 aromatic rings. The molecule has 140 valence electrons. The van der Waals surface area contributed by atoms with Gasteiger partial charge in [-0.05, 0) is 29.5 Å². The van der Waals surface area contributed by atoms with Crippen LogP contribution in [0.25, 0.3) is 0 Å². The van der Waals surface area contributed by atoms with E-state index in [1.165, 1.54) is 37.4 Å². The Morgan fingerprint density at radius 2 is 1.59 bits per heavy atom. The van der Waals surface area contributed by atoms with Crippen LogP contribution in [0.3, 0.4) is 0 Å². The number of nitrogens with zero attached hydrogens (tertiary/aromatic N) is 3. The van der Waals surface area contributed by atoms with Gasteiger partial charge in [-0.1, -0.05) is 26.0 Å². The number of hydrogen-bond donors (Lipinski definition) is 0. The lowest BCUT2D eigenvalue weighted by molar-refractivity contribution is -0.136. The summed E-state index contributed by atoms with van der Waals surface area (Å²) in [5.74, 6) is -0.355. The maximum absolute atomic E-state index is 13.7. The minimum absolute atomic E-state index is 0.0369. The Labute approximate surface area is 156 Å². The predicted molar refractivity (Wildman–Crippen MR) is 93.7 cm³/mol. The van der Waals surface area contributed by atoms with Crippen molar-refractivity contribution >= 4 is 5.91 Å². The SMILES string of the molecule is CC1(C)C[C@@]1(C(=O)N(Cc1cocn1)Cc1cocn1)c1ccc(F)cc1. The molecule has 0 unspecified atom stereocenters. The highest BCUT2D eigenvalue weighted by atomic mass is 19.1. The molecule has 0 radical (unpaired) electrons. The van der Waals surface area contributed by atoms with Crippen molar-refractivity contribution in [3.63, 3.8) is 0 Å². The van der Waals surface area contributed by atoms with Gasteiger partial charge in [0.1, 0.15) is 18.3 Å². The van der Waals surface area contributed by atoms with Gasteiger partial charge in [0.25, 0.3) is 0 Å². The van der Waals surface area contributed by atoms with Gasteiger partial charge in [-0.25, -0.2) is 14.4 Å². The van der Waals surface area contributed by atoms with Crippen LogP contribution in [-0.4, -0.2) is 20.8 Å². The molecule has 7 heteroatoms. The van der Waals surface area contributed by atoms with Crippen LogP contribution in [0.5, 0.6) is 0 Å². The molecule has 1 aliphatic rings. The van der Waals surface area contributed by atoms with Crippen LogP contribution in [0.15, 0.2) is 58.4 Å². The van der Waals surface area contributed by atoms with Gasteiger partial charge >= 0.3 is 0 Å². The molecule has 1 aliphatic carbocycles. The molecule has 0 N–H and O–H groups in total. The Morgan fingerprint density at radius 1 is 1.07 bits per heavy atom. The second-order valence-electron chi connectivity index (χ2n) is 7.59. The first-order valence-electron chi connectivity index (χ1n) is 8.72. The first kappa shape index (κ1) is 17.5. The Morgan fingerprint density at radius 3 is 2.00 bits per heavy atom. The van der Waals surface area contributed by atoms with Crippen molar-refractivity contribution in [3.8, 4) is 0 Å². The molecule has 1 amide bonds. The molecule has 1 aromatic carbocycles. The minimum Gasteiger partial charge on any atom is -0.451 e. The number of amides is 1. The van der Waals surface area contributed by atoms with E-state index in [1.54, 1.807) is 17.0 Å². The van der Waals surface area contributed by atoms with E-state index in [4.69, 9.17) is 8.83 Å². The molecule has 1 atom stereocenters. The van der Waals surface area contributed by atoms with Gasteiger partial charge in [0.15, 0.2) is 12.8 Å². The molecule has 2 aromatic heterocycles. The molecule has 0 aliphatic heterocycles. The van der Waals surface area contributed by atoms with Crippen LogP contribution in [0.2, 0.25) is 0 Å². The third-order valence-electron chi connectivity index (χ3n) is 5.40. The fraction of sp³-hybridized carbons (Fsp3) is 0.350. The number of carbonyl (C=O) groups excluding carboxylic acids is 1. The molecule has 0 spiro atoms. The van der Waals surface area contributed by atoms with Gasteiger partial charge in [-0.2, -0.15) is 0 Å². The van der Waals surface area contributed by atoms with Crippen LogP contribution in [0, 0.1) is 11.2 Å². The van der Waals surface area contributed by atoms with E-state index in [9.17, 15) is 9.18 Å². The van der Waals surface area contributed by atoms with Crippen LogP contribution in [0.1, 0.15) is 37.2 Å². The molecule has 1 fully saturated rings. The normalized spacial score (nSPS) is 20.4. The summed E-state index contributed by atoms with van der Waals surface area (Å²) in [7, 11) is 0. The first-order chi connectivity index (χ1) is 12.9. The third kappa shape index (κ3) is 3.03. The van der Waals surface area contributed by atoms with Gasteiger partial charge in [0, 0.05) is 0 Å². The van der Waals surface area contributed by atoms with E-state index < -0.39 is 5.41 Å². The summed E-state index contributed by atoms with van der Waals surface area (Å²) in [6, 6.07) is 6.20. The minimum atomic E-state index is -0.700. The maximum Gasteiger partial charge on any atom is 0.234 e. The van der Waals surface area contributed by atoms with Crippen molar-refractivity contribution in [1.82, 2.24) is 14.9 Å². The largest absolute Gasteiger partial charge is 0.451 e. The van der Waals surface area contributed by atoms with Gasteiger partial charge in [0.05, 0.1) is 29.9 Å². The Kier molecular flexibility index (Phi) is 4.09. The van der Waals surface area contributed by atoms with Crippen LogP contribution in [0.4, 0.5) is 4.39 Å². The molecular formula is C20H20FN3O3. The average Bonchev–Trinajstić information content (AvgIpc) is 3.10. The summed E-state index contributed by atoms with van der Waals surface area (Å²) < 4.78 is 23.5. The zero-order valence-electron chi connectivity index (χ0n) is 15.2. The van der Waals surface area contributed by atoms with E-state index in [0.717, 1.165) is 5.56 Å². The molecule has 1 saturated carbocycles. The van der Waals surface area contributed by atoms with Crippen molar-refractivity contribution < 1.29 is 18.0 Å². The molecule has 2 heterocycles. The van der Waals surface area contributed by atoms with Gasteiger partial charge in [-0.3, -0.25) is 4.79 Å². The van der Waals surface area contributed by atoms with Crippen LogP contribution in [-0.2, 0) is 23.3 Å². The smallest absolute Gasteiger partial charge is 0.234 e. The van der Waals surface area contributed by atoms with Crippen molar-refractivity contribution in [2.24, 2.45) is 5.41 Å². The fourth-order valence-corrected chi connectivity index (χ4v) is 3.83. The molecule has 4 rings (SSSR count). The standard InChI is InChI=1S/C20H20FN3O3/c1-19(2)11-20(19,14-3-5-15(21)6-4-14)18(25)24(7-16-9-26-12-22-16)8-17-10-27-13-23-17/h3-6,9-10,12-13H,7-8,11H2,1-2H3/t20-/m0/s1. The van der Waals surface area contributed by atoms with Crippen LogP contribution >= 0.6 is 0 Å². The van der Waals surface area contributed by atoms with Gasteiger partial charge in [0.2, 0.25) is 5.91 Å². The van der Waals surface area contributed by atoms with Gasteiger partial charge < -0.3 is 13.7 Å². The Balaban J connectivity index is 1.69. The van der Waals surface area contributed by atoms with E-state index in [-0.39, 0.29) is 17.1 Å². The Hall–Kier alpha value is -2.96. The quantitative estimate of drug-likeness (QED) is 0.662. The number of aromatic nitrogens is 2. The lowest BCUT2D eigenvalue weighted by Crippen LogP contribution is -2.41. The summed E-state index contributed by atoms with van der Waals surface area (Å²) in [6.07, 6.45) is 6.41. The summed E-state index contributed by atoms with van der Waals surface area (Å²) in [4.78, 5) is 23.7. The number of halogens is 1. The summed E-state index contributed by atoms with van der Waals surface area (Å²) >= 11 is 0. The highest BCUT2D eigenvalue weighted by molar-refractivity contribution is 5.93. The van der Waals surface area contributed by atoms with Crippen molar-refractivity contribution in [1.29, 1.82) is 0 Å². The highest BCUT2D eigenvalue weighted by Gasteiger charge is 2.68.